The fourth-order valence-electron chi connectivity index (χ4n) is 1.10. The van der Waals surface area contributed by atoms with Gasteiger partial charge in [0.25, 0.3) is 0 Å². The second-order valence-corrected chi connectivity index (χ2v) is 3.12. The lowest BCUT2D eigenvalue weighted by atomic mass is 9.77. The van der Waals surface area contributed by atoms with E-state index in [9.17, 15) is 17.3 Å². The zero-order valence-corrected chi connectivity index (χ0v) is 8.45. The van der Waals surface area contributed by atoms with E-state index in [-0.39, 0.29) is 11.5 Å². The molecule has 0 radical (unpaired) electrons. The lowest BCUT2D eigenvalue weighted by Crippen LogP contribution is -2.37. The molecule has 0 bridgehead atoms. The molecular formula is C8H8BF4N4-. The zero-order valence-electron chi connectivity index (χ0n) is 8.45. The highest BCUT2D eigenvalue weighted by Crippen LogP contribution is 2.12. The van der Waals surface area contributed by atoms with Gasteiger partial charge in [0.1, 0.15) is 5.82 Å². The first kappa shape index (κ1) is 13.0. The van der Waals surface area contributed by atoms with Crippen LogP contribution in [0.1, 0.15) is 5.56 Å². The first-order valence-electron chi connectivity index (χ1n) is 4.42. The molecule has 0 aliphatic heterocycles. The summed E-state index contributed by atoms with van der Waals surface area (Å²) >= 11 is 0. The summed E-state index contributed by atoms with van der Waals surface area (Å²) in [7, 11) is 0. The monoisotopic (exact) mass is 247 g/mol. The number of rotatable bonds is 3. The SMILES string of the molecule is NC(N)=NN=Cc1ccc(F)cc1[B-](F)(F)F. The molecule has 4 N–H and O–H groups in total. The molecule has 0 aromatic heterocycles. The molecule has 1 rings (SSSR count). The average molecular weight is 247 g/mol. The molecule has 0 spiro atoms. The van der Waals surface area contributed by atoms with Crippen molar-refractivity contribution in [1.29, 1.82) is 0 Å². The van der Waals surface area contributed by atoms with Crippen LogP contribution < -0.4 is 16.9 Å². The maximum Gasteiger partial charge on any atom is 0.510 e. The number of halogens is 4. The molecule has 1 aromatic rings. The molecule has 0 aliphatic carbocycles. The van der Waals surface area contributed by atoms with Crippen molar-refractivity contribution in [3.05, 3.63) is 29.6 Å². The van der Waals surface area contributed by atoms with Gasteiger partial charge in [-0.05, 0) is 11.6 Å². The summed E-state index contributed by atoms with van der Waals surface area (Å²) in [5.74, 6) is -1.36. The minimum Gasteiger partial charge on any atom is -0.445 e. The van der Waals surface area contributed by atoms with E-state index in [1.165, 1.54) is 0 Å². The normalized spacial score (nSPS) is 11.8. The van der Waals surface area contributed by atoms with E-state index in [0.717, 1.165) is 18.3 Å². The molecule has 0 fully saturated rings. The summed E-state index contributed by atoms with van der Waals surface area (Å²) in [6, 6.07) is 2.24. The van der Waals surface area contributed by atoms with Crippen molar-refractivity contribution >= 4 is 24.6 Å². The average Bonchev–Trinajstić information content (AvgIpc) is 2.18. The van der Waals surface area contributed by atoms with E-state index in [2.05, 4.69) is 10.2 Å². The van der Waals surface area contributed by atoms with E-state index < -0.39 is 18.3 Å². The zero-order chi connectivity index (χ0) is 13.1. The van der Waals surface area contributed by atoms with Crippen LogP contribution in [0.4, 0.5) is 17.3 Å². The molecular weight excluding hydrogens is 239 g/mol. The van der Waals surface area contributed by atoms with E-state index in [1.54, 1.807) is 0 Å². The second-order valence-electron chi connectivity index (χ2n) is 3.12. The standard InChI is InChI=1S/C8H8BF4N4/c10-6-2-1-5(4-16-17-8(14)15)7(3-6)9(11,12)13/h1-4H,(H4,14,15,17)/q-1. The van der Waals surface area contributed by atoms with Gasteiger partial charge in [0.15, 0.2) is 0 Å². The maximum absolute atomic E-state index is 12.7. The Balaban J connectivity index is 3.16. The van der Waals surface area contributed by atoms with Crippen LogP contribution in [0.3, 0.4) is 0 Å². The molecule has 9 heteroatoms. The largest absolute Gasteiger partial charge is 0.510 e. The smallest absolute Gasteiger partial charge is 0.445 e. The predicted molar refractivity (Wildman–Crippen MR) is 58.5 cm³/mol. The molecule has 0 aliphatic rings. The van der Waals surface area contributed by atoms with Crippen LogP contribution in [0.25, 0.3) is 0 Å². The molecule has 17 heavy (non-hydrogen) atoms. The molecule has 92 valence electrons. The fraction of sp³-hybridized carbons (Fsp3) is 0. The van der Waals surface area contributed by atoms with Gasteiger partial charge in [0.05, 0.1) is 6.21 Å². The first-order valence-corrected chi connectivity index (χ1v) is 4.42. The number of hydrogen-bond acceptors (Lipinski definition) is 2. The van der Waals surface area contributed by atoms with Crippen molar-refractivity contribution in [3.8, 4) is 0 Å². The quantitative estimate of drug-likeness (QED) is 0.268. The summed E-state index contributed by atoms with van der Waals surface area (Å²) in [4.78, 5) is 0. The third kappa shape index (κ3) is 3.78. The summed E-state index contributed by atoms with van der Waals surface area (Å²) in [5, 5.41) is 6.40. The molecule has 0 amide bonds. The van der Waals surface area contributed by atoms with Gasteiger partial charge in [-0.3, -0.25) is 0 Å². The number of hydrogen-bond donors (Lipinski definition) is 2. The van der Waals surface area contributed by atoms with E-state index in [4.69, 9.17) is 11.5 Å². The molecule has 0 saturated carbocycles. The van der Waals surface area contributed by atoms with Crippen molar-refractivity contribution in [2.45, 2.75) is 0 Å². The van der Waals surface area contributed by atoms with Crippen LogP contribution in [-0.4, -0.2) is 19.2 Å². The van der Waals surface area contributed by atoms with E-state index >= 15 is 0 Å². The van der Waals surface area contributed by atoms with Gasteiger partial charge in [-0.25, -0.2) is 4.39 Å². The molecule has 0 unspecified atom stereocenters. The number of guanidine groups is 1. The lowest BCUT2D eigenvalue weighted by Gasteiger charge is -2.17. The van der Waals surface area contributed by atoms with Crippen LogP contribution in [0.2, 0.25) is 0 Å². The summed E-state index contributed by atoms with van der Waals surface area (Å²) in [6.07, 6.45) is 0.809. The van der Waals surface area contributed by atoms with Gasteiger partial charge in [-0.15, -0.1) is 5.10 Å². The number of nitrogens with zero attached hydrogens (tertiary/aromatic N) is 2. The highest BCUT2D eigenvalue weighted by molar-refractivity contribution is 6.74. The van der Waals surface area contributed by atoms with Crippen molar-refractivity contribution in [2.75, 3.05) is 0 Å². The van der Waals surface area contributed by atoms with Gasteiger partial charge in [0.2, 0.25) is 5.96 Å². The highest BCUT2D eigenvalue weighted by atomic mass is 19.4. The van der Waals surface area contributed by atoms with E-state index in [1.807, 2.05) is 0 Å². The Hall–Kier alpha value is -2.06. The fourth-order valence-corrected chi connectivity index (χ4v) is 1.10. The number of benzene rings is 1. The van der Waals surface area contributed by atoms with Crippen molar-refractivity contribution < 1.29 is 17.3 Å². The minimum absolute atomic E-state index is 0.302. The van der Waals surface area contributed by atoms with Gasteiger partial charge >= 0.3 is 6.98 Å². The Bertz CT molecular complexity index is 465. The van der Waals surface area contributed by atoms with Crippen LogP contribution in [-0.2, 0) is 0 Å². The Kier molecular flexibility index (Phi) is 3.71. The predicted octanol–water partition coefficient (Wildman–Crippen LogP) is 0.487. The van der Waals surface area contributed by atoms with Crippen LogP contribution in [0.15, 0.2) is 28.4 Å². The first-order chi connectivity index (χ1) is 7.80. The third-order valence-electron chi connectivity index (χ3n) is 1.77. The Morgan fingerprint density at radius 2 is 1.88 bits per heavy atom. The van der Waals surface area contributed by atoms with Crippen molar-refractivity contribution in [3.63, 3.8) is 0 Å². The van der Waals surface area contributed by atoms with Crippen LogP contribution in [0.5, 0.6) is 0 Å². The molecule has 0 saturated heterocycles. The van der Waals surface area contributed by atoms with E-state index in [0.29, 0.717) is 6.07 Å². The lowest BCUT2D eigenvalue weighted by molar-refractivity contribution is 0.500. The number of nitrogens with two attached hydrogens (primary N) is 2. The molecule has 4 nitrogen and oxygen atoms in total. The molecule has 1 aromatic carbocycles. The Morgan fingerprint density at radius 1 is 1.24 bits per heavy atom. The van der Waals surface area contributed by atoms with Gasteiger partial charge in [-0.2, -0.15) is 5.10 Å². The summed E-state index contributed by atoms with van der Waals surface area (Å²) in [6.45, 7) is -5.33. The highest BCUT2D eigenvalue weighted by Gasteiger charge is 2.28. The third-order valence-corrected chi connectivity index (χ3v) is 1.77. The molecule has 0 atom stereocenters. The summed E-state index contributed by atoms with van der Waals surface area (Å²) in [5.41, 5.74) is 8.49. The van der Waals surface area contributed by atoms with Crippen molar-refractivity contribution in [2.24, 2.45) is 21.7 Å². The second kappa shape index (κ2) is 4.85. The van der Waals surface area contributed by atoms with Crippen molar-refractivity contribution in [1.82, 2.24) is 0 Å². The maximum atomic E-state index is 12.7. The Labute approximate surface area is 94.1 Å². The topological polar surface area (TPSA) is 76.8 Å². The van der Waals surface area contributed by atoms with Gasteiger partial charge in [-0.1, -0.05) is 17.6 Å². The molecule has 0 heterocycles. The minimum atomic E-state index is -5.33. The van der Waals surface area contributed by atoms with Crippen LogP contribution >= 0.6 is 0 Å². The summed E-state index contributed by atoms with van der Waals surface area (Å²) < 4.78 is 50.4. The van der Waals surface area contributed by atoms with Gasteiger partial charge < -0.3 is 24.4 Å². The Morgan fingerprint density at radius 3 is 2.41 bits per heavy atom. The van der Waals surface area contributed by atoms with Crippen LogP contribution in [0, 0.1) is 5.82 Å². The van der Waals surface area contributed by atoms with Gasteiger partial charge in [0, 0.05) is 0 Å².